The Labute approximate surface area is 112 Å². The first-order valence-electron chi connectivity index (χ1n) is 5.67. The van der Waals surface area contributed by atoms with Gasteiger partial charge in [-0.2, -0.15) is 0 Å². The lowest BCUT2D eigenvalue weighted by Gasteiger charge is -2.39. The predicted octanol–water partition coefficient (Wildman–Crippen LogP) is 2.65. The molecule has 0 aromatic heterocycles. The van der Waals surface area contributed by atoms with E-state index in [4.69, 9.17) is 27.2 Å². The molecular weight excluding hydrogens is 254 g/mol. The van der Waals surface area contributed by atoms with Crippen LogP contribution in [0.15, 0.2) is 12.2 Å². The fraction of sp³-hybridized carbons (Fsp3) is 0.583. The van der Waals surface area contributed by atoms with Gasteiger partial charge in [-0.15, -0.1) is 0 Å². The van der Waals surface area contributed by atoms with Crippen LogP contribution in [0.5, 0.6) is 0 Å². The first kappa shape index (κ1) is 14.7. The van der Waals surface area contributed by atoms with E-state index in [0.29, 0.717) is 18.8 Å². The van der Waals surface area contributed by atoms with Crippen molar-refractivity contribution in [2.75, 3.05) is 13.1 Å². The third-order valence-corrected chi connectivity index (χ3v) is 2.51. The summed E-state index contributed by atoms with van der Waals surface area (Å²) in [5, 5.41) is 14.6. The second-order valence-corrected chi connectivity index (χ2v) is 5.63. The highest BCUT2D eigenvalue weighted by atomic mass is 35.5. The Morgan fingerprint density at radius 2 is 1.89 bits per heavy atom. The molecule has 1 aliphatic heterocycles. The minimum Gasteiger partial charge on any atom is -0.444 e. The zero-order valence-electron chi connectivity index (χ0n) is 10.8. The molecule has 1 heterocycles. The van der Waals surface area contributed by atoms with Crippen molar-refractivity contribution in [3.63, 3.8) is 0 Å². The number of ether oxygens (including phenoxy) is 1. The molecule has 1 amide bonds. The molecule has 5 nitrogen and oxygen atoms in total. The molecule has 100 valence electrons. The molecule has 1 aliphatic rings. The maximum atomic E-state index is 11.6. The number of carbonyl (C=O) groups is 1. The van der Waals surface area contributed by atoms with Crippen LogP contribution in [-0.4, -0.2) is 40.6 Å². The van der Waals surface area contributed by atoms with Crippen LogP contribution in [0, 0.1) is 16.7 Å². The van der Waals surface area contributed by atoms with E-state index in [0.717, 1.165) is 0 Å². The number of carbonyl (C=O) groups excluding carboxylic acids is 1. The number of nitrogens with zero attached hydrogens (tertiary/aromatic N) is 1. The van der Waals surface area contributed by atoms with Crippen LogP contribution >= 0.6 is 11.6 Å². The average Bonchev–Trinajstić information content (AvgIpc) is 2.08. The number of halogens is 1. The molecule has 1 rings (SSSR count). The molecular formula is C12H18ClN3O2. The largest absolute Gasteiger partial charge is 0.444 e. The number of hydrogen-bond donors (Lipinski definition) is 2. The topological polar surface area (TPSA) is 77.2 Å². The maximum Gasteiger partial charge on any atom is 0.410 e. The number of allylic oxidation sites excluding steroid dienone is 2. The van der Waals surface area contributed by atoms with Crippen molar-refractivity contribution in [2.45, 2.75) is 26.4 Å². The van der Waals surface area contributed by atoms with Gasteiger partial charge >= 0.3 is 6.09 Å². The van der Waals surface area contributed by atoms with Gasteiger partial charge in [0.25, 0.3) is 0 Å². The summed E-state index contributed by atoms with van der Waals surface area (Å²) in [7, 11) is 0. The second kappa shape index (κ2) is 5.52. The lowest BCUT2D eigenvalue weighted by molar-refractivity contribution is 0.00698. The van der Waals surface area contributed by atoms with Gasteiger partial charge in [-0.25, -0.2) is 4.79 Å². The number of hydrogen-bond acceptors (Lipinski definition) is 4. The first-order chi connectivity index (χ1) is 8.19. The molecule has 0 saturated carbocycles. The van der Waals surface area contributed by atoms with Crippen LogP contribution in [-0.2, 0) is 4.74 Å². The minimum atomic E-state index is -0.497. The van der Waals surface area contributed by atoms with Gasteiger partial charge < -0.3 is 15.0 Å². The van der Waals surface area contributed by atoms with E-state index < -0.39 is 5.60 Å². The molecule has 0 atom stereocenters. The summed E-state index contributed by atoms with van der Waals surface area (Å²) in [4.78, 5) is 13.2. The smallest absolute Gasteiger partial charge is 0.410 e. The lowest BCUT2D eigenvalue weighted by atomic mass is 9.94. The van der Waals surface area contributed by atoms with Crippen LogP contribution in [0.1, 0.15) is 20.8 Å². The molecule has 0 unspecified atom stereocenters. The fourth-order valence-electron chi connectivity index (χ4n) is 1.45. The molecule has 1 saturated heterocycles. The van der Waals surface area contributed by atoms with Crippen molar-refractivity contribution >= 4 is 28.6 Å². The third kappa shape index (κ3) is 4.49. The highest BCUT2D eigenvalue weighted by Gasteiger charge is 2.35. The van der Waals surface area contributed by atoms with Crippen molar-refractivity contribution in [3.05, 3.63) is 12.2 Å². The number of likely N-dealkylation sites (tertiary alicyclic amines) is 1. The van der Waals surface area contributed by atoms with Gasteiger partial charge in [-0.05, 0) is 32.9 Å². The lowest BCUT2D eigenvalue weighted by Crippen LogP contribution is -2.53. The van der Waals surface area contributed by atoms with Crippen molar-refractivity contribution < 1.29 is 9.53 Å². The van der Waals surface area contributed by atoms with E-state index in [1.54, 1.807) is 4.90 Å². The summed E-state index contributed by atoms with van der Waals surface area (Å²) >= 11 is 5.35. The van der Waals surface area contributed by atoms with E-state index >= 15 is 0 Å². The van der Waals surface area contributed by atoms with Crippen LogP contribution in [0.4, 0.5) is 4.79 Å². The average molecular weight is 272 g/mol. The molecule has 18 heavy (non-hydrogen) atoms. The molecule has 0 aromatic carbocycles. The van der Waals surface area contributed by atoms with E-state index in [9.17, 15) is 4.79 Å². The molecule has 1 fully saturated rings. The zero-order valence-corrected chi connectivity index (χ0v) is 11.5. The highest BCUT2D eigenvalue weighted by Crippen LogP contribution is 2.20. The number of amides is 1. The standard InChI is InChI=1S/C12H18ClN3O2/c1-12(2,3)18-11(17)16-6-8(7-16)9(14)4-5-10(13)15/h4-5,8,14-15H,6-7H2,1-3H3/b5-4-,14-9?,15-10?. The Bertz CT molecular complexity index is 393. The predicted molar refractivity (Wildman–Crippen MR) is 71.7 cm³/mol. The first-order valence-corrected chi connectivity index (χ1v) is 6.05. The van der Waals surface area contributed by atoms with Crippen LogP contribution in [0.2, 0.25) is 0 Å². The van der Waals surface area contributed by atoms with E-state index in [-0.39, 0.29) is 17.2 Å². The van der Waals surface area contributed by atoms with Crippen molar-refractivity contribution in [2.24, 2.45) is 5.92 Å². The summed E-state index contributed by atoms with van der Waals surface area (Å²) in [6.45, 7) is 6.42. The molecule has 0 spiro atoms. The van der Waals surface area contributed by atoms with Gasteiger partial charge in [-0.1, -0.05) is 11.6 Å². The highest BCUT2D eigenvalue weighted by molar-refractivity contribution is 6.67. The Balaban J connectivity index is 2.38. The zero-order chi connectivity index (χ0) is 13.9. The Morgan fingerprint density at radius 3 is 2.33 bits per heavy atom. The summed E-state index contributed by atoms with van der Waals surface area (Å²) in [6, 6.07) is 0. The molecule has 0 bridgehead atoms. The number of rotatable bonds is 3. The van der Waals surface area contributed by atoms with Gasteiger partial charge in [0.2, 0.25) is 0 Å². The van der Waals surface area contributed by atoms with Gasteiger partial charge in [0.1, 0.15) is 10.8 Å². The summed E-state index contributed by atoms with van der Waals surface area (Å²) in [5.41, 5.74) is -0.122. The third-order valence-electron chi connectivity index (χ3n) is 2.38. The molecule has 0 radical (unpaired) electrons. The van der Waals surface area contributed by atoms with Crippen molar-refractivity contribution in [1.82, 2.24) is 4.90 Å². The van der Waals surface area contributed by atoms with E-state index in [1.165, 1.54) is 12.2 Å². The molecule has 0 aliphatic carbocycles. The molecule has 0 aromatic rings. The number of nitrogens with one attached hydrogen (secondary N) is 2. The van der Waals surface area contributed by atoms with Gasteiger partial charge in [0.05, 0.1) is 0 Å². The van der Waals surface area contributed by atoms with Gasteiger partial charge in [-0.3, -0.25) is 5.41 Å². The quantitative estimate of drug-likeness (QED) is 0.774. The Kier molecular flexibility index (Phi) is 4.51. The van der Waals surface area contributed by atoms with Crippen LogP contribution in [0.3, 0.4) is 0 Å². The SMILES string of the molecule is CC(C)(C)OC(=O)N1CC(C(=N)/C=C\C(=N)Cl)C1. The van der Waals surface area contributed by atoms with Gasteiger partial charge in [0, 0.05) is 24.7 Å². The summed E-state index contributed by atoms with van der Waals surface area (Å²) in [6.07, 6.45) is 2.51. The Morgan fingerprint density at radius 1 is 1.33 bits per heavy atom. The van der Waals surface area contributed by atoms with Crippen molar-refractivity contribution in [1.29, 1.82) is 10.8 Å². The van der Waals surface area contributed by atoms with Crippen LogP contribution < -0.4 is 0 Å². The summed E-state index contributed by atoms with van der Waals surface area (Å²) < 4.78 is 5.21. The fourth-order valence-corrected chi connectivity index (χ4v) is 1.51. The van der Waals surface area contributed by atoms with Crippen molar-refractivity contribution in [3.8, 4) is 0 Å². The minimum absolute atomic E-state index is 0.00443. The van der Waals surface area contributed by atoms with Crippen LogP contribution in [0.25, 0.3) is 0 Å². The molecule has 6 heteroatoms. The normalized spacial score (nSPS) is 16.6. The Hall–Kier alpha value is -1.36. The summed E-state index contributed by atoms with van der Waals surface area (Å²) in [5.74, 6) is 0.00443. The monoisotopic (exact) mass is 271 g/mol. The van der Waals surface area contributed by atoms with E-state index in [1.807, 2.05) is 20.8 Å². The van der Waals surface area contributed by atoms with E-state index in [2.05, 4.69) is 0 Å². The molecule has 2 N–H and O–H groups in total. The second-order valence-electron chi connectivity index (χ2n) is 5.22. The van der Waals surface area contributed by atoms with Gasteiger partial charge in [0.15, 0.2) is 0 Å². The maximum absolute atomic E-state index is 11.6.